The first-order valence-electron chi connectivity index (χ1n) is 9.13. The Kier molecular flexibility index (Phi) is 4.90. The van der Waals surface area contributed by atoms with E-state index in [0.717, 1.165) is 0 Å². The van der Waals surface area contributed by atoms with E-state index in [9.17, 15) is 9.65 Å². The predicted octanol–water partition coefficient (Wildman–Crippen LogP) is 3.70. The molecule has 0 bridgehead atoms. The minimum atomic E-state index is -0.352. The van der Waals surface area contributed by atoms with E-state index >= 15 is 0 Å². The third-order valence-corrected chi connectivity index (χ3v) is 4.64. The van der Waals surface area contributed by atoms with E-state index in [1.54, 1.807) is 49.0 Å². The van der Waals surface area contributed by atoms with E-state index in [4.69, 9.17) is 9.83 Å². The van der Waals surface area contributed by atoms with Gasteiger partial charge in [-0.2, -0.15) is 5.26 Å². The summed E-state index contributed by atoms with van der Waals surface area (Å²) in [4.78, 5) is 8.81. The summed E-state index contributed by atoms with van der Waals surface area (Å²) in [6.07, 6.45) is 6.34. The van der Waals surface area contributed by atoms with Gasteiger partial charge < -0.3 is 20.5 Å². The molecule has 3 heterocycles. The zero-order valence-corrected chi connectivity index (χ0v) is 16.3. The minimum Gasteiger partial charge on any atom is -0.464 e. The Hall–Kier alpha value is -4.19. The lowest BCUT2D eigenvalue weighted by molar-refractivity contribution is 0.603. The van der Waals surface area contributed by atoms with Crippen molar-refractivity contribution in [3.05, 3.63) is 65.6 Å². The van der Waals surface area contributed by atoms with Crippen molar-refractivity contribution in [2.75, 3.05) is 12.4 Å². The third-order valence-electron chi connectivity index (χ3n) is 4.64. The average molecular weight is 403 g/mol. The molecule has 8 nitrogen and oxygen atoms in total. The molecule has 0 aliphatic heterocycles. The van der Waals surface area contributed by atoms with Crippen molar-refractivity contribution < 1.29 is 8.81 Å². The third kappa shape index (κ3) is 3.35. The van der Waals surface area contributed by atoms with Gasteiger partial charge in [-0.15, -0.1) is 0 Å². The summed E-state index contributed by atoms with van der Waals surface area (Å²) in [7, 11) is 1.74. The van der Waals surface area contributed by atoms with Gasteiger partial charge in [-0.1, -0.05) is 0 Å². The molecule has 150 valence electrons. The fourth-order valence-corrected chi connectivity index (χ4v) is 3.28. The largest absolute Gasteiger partial charge is 0.464 e. The van der Waals surface area contributed by atoms with Crippen molar-refractivity contribution >= 4 is 34.0 Å². The molecular formula is C21H18FN7O. The van der Waals surface area contributed by atoms with Crippen LogP contribution in [0.3, 0.4) is 0 Å². The van der Waals surface area contributed by atoms with E-state index in [-0.39, 0.29) is 18.1 Å². The molecule has 0 radical (unpaired) electrons. The second-order valence-corrected chi connectivity index (χ2v) is 6.63. The number of aromatic nitrogens is 3. The van der Waals surface area contributed by atoms with Gasteiger partial charge in [0.05, 0.1) is 18.0 Å². The van der Waals surface area contributed by atoms with Crippen LogP contribution in [0.15, 0.2) is 47.3 Å². The van der Waals surface area contributed by atoms with Crippen LogP contribution in [0, 0.1) is 22.6 Å². The molecule has 0 amide bonds. The Labute approximate surface area is 171 Å². The van der Waals surface area contributed by atoms with Gasteiger partial charge >= 0.3 is 0 Å². The molecule has 0 spiro atoms. The van der Waals surface area contributed by atoms with Crippen LogP contribution >= 0.6 is 0 Å². The van der Waals surface area contributed by atoms with Crippen LogP contribution in [0.4, 0.5) is 10.3 Å². The van der Waals surface area contributed by atoms with Crippen LogP contribution < -0.4 is 10.6 Å². The van der Waals surface area contributed by atoms with Crippen LogP contribution in [0.25, 0.3) is 22.3 Å². The first-order valence-corrected chi connectivity index (χ1v) is 9.13. The van der Waals surface area contributed by atoms with Crippen LogP contribution in [0.1, 0.15) is 23.7 Å². The van der Waals surface area contributed by atoms with E-state index in [1.807, 2.05) is 6.07 Å². The smallest absolute Gasteiger partial charge is 0.208 e. The molecule has 30 heavy (non-hydrogen) atoms. The first kappa shape index (κ1) is 19.1. The molecular weight excluding hydrogens is 385 g/mol. The molecule has 1 aromatic carbocycles. The highest BCUT2D eigenvalue weighted by Gasteiger charge is 2.16. The number of hydrogen-bond acceptors (Lipinski definition) is 7. The average Bonchev–Trinajstić information content (AvgIpc) is 3.38. The number of furan rings is 1. The van der Waals surface area contributed by atoms with Gasteiger partial charge in [0.2, 0.25) is 5.95 Å². The van der Waals surface area contributed by atoms with Gasteiger partial charge in [0.1, 0.15) is 17.5 Å². The molecule has 4 rings (SSSR count). The Bertz CT molecular complexity index is 1340. The number of rotatable bonds is 6. The second kappa shape index (κ2) is 7.67. The highest BCUT2D eigenvalue weighted by Crippen LogP contribution is 2.25. The van der Waals surface area contributed by atoms with Gasteiger partial charge in [0.25, 0.3) is 0 Å². The molecule has 0 saturated heterocycles. The Morgan fingerprint density at radius 3 is 2.97 bits per heavy atom. The number of benzene rings is 1. The number of hydrogen-bond donors (Lipinski definition) is 3. The van der Waals surface area contributed by atoms with Gasteiger partial charge in [-0.05, 0) is 31.2 Å². The Balaban J connectivity index is 1.77. The topological polar surface area (TPSA) is 115 Å². The fourth-order valence-electron chi connectivity index (χ4n) is 3.28. The molecule has 0 aliphatic carbocycles. The summed E-state index contributed by atoms with van der Waals surface area (Å²) in [6, 6.07) is 6.70. The monoisotopic (exact) mass is 403 g/mol. The lowest BCUT2D eigenvalue weighted by Crippen LogP contribution is -2.12. The van der Waals surface area contributed by atoms with Crippen molar-refractivity contribution in [1.29, 1.82) is 10.7 Å². The predicted molar refractivity (Wildman–Crippen MR) is 112 cm³/mol. The van der Waals surface area contributed by atoms with Crippen LogP contribution in [0.2, 0.25) is 0 Å². The molecule has 0 atom stereocenters. The number of anilines is 1. The number of allylic oxidation sites excluding steroid dienone is 1. The summed E-state index contributed by atoms with van der Waals surface area (Å²) in [5, 5.41) is 23.9. The number of halogens is 1. The molecule has 4 aromatic rings. The molecule has 0 unspecified atom stereocenters. The van der Waals surface area contributed by atoms with Crippen molar-refractivity contribution in [2.45, 2.75) is 13.5 Å². The summed E-state index contributed by atoms with van der Waals surface area (Å²) >= 11 is 0. The van der Waals surface area contributed by atoms with Gasteiger partial charge in [0, 0.05) is 42.1 Å². The van der Waals surface area contributed by atoms with E-state index in [2.05, 4.69) is 20.6 Å². The number of nitrogens with one attached hydrogen (secondary N) is 3. The maximum Gasteiger partial charge on any atom is 0.208 e. The maximum atomic E-state index is 14.4. The molecule has 0 saturated carbocycles. The lowest BCUT2D eigenvalue weighted by atomic mass is 10.1. The standard InChI is InChI=1S/C21H18FN7O/c1-12(24)7-18(25-2)16-10-27-21(29-11-13(8-23)28-20(16)29)26-9-15-14-5-6-30-19(14)4-3-17(15)22/h3-7,10-11,24-25H,9H2,1-2H3,(H,26,27)/b18-7-,24-12?. The van der Waals surface area contributed by atoms with Crippen molar-refractivity contribution in [2.24, 2.45) is 0 Å². The quantitative estimate of drug-likeness (QED) is 0.423. The SMILES string of the molecule is CN/C(=C\C(C)=N)c1cnc(NCc2c(F)ccc3occc23)n2cc(C#N)nc12. The first-order chi connectivity index (χ1) is 14.5. The molecule has 0 fully saturated rings. The number of nitriles is 1. The normalized spacial score (nSPS) is 11.6. The fraction of sp³-hybridized carbons (Fsp3) is 0.143. The number of fused-ring (bicyclic) bond motifs is 2. The second-order valence-electron chi connectivity index (χ2n) is 6.63. The summed E-state index contributed by atoms with van der Waals surface area (Å²) in [5.41, 5.74) is 3.41. The van der Waals surface area contributed by atoms with Gasteiger partial charge in [-0.3, -0.25) is 4.40 Å². The number of nitrogens with zero attached hydrogens (tertiary/aromatic N) is 4. The molecule has 9 heteroatoms. The molecule has 3 N–H and O–H groups in total. The van der Waals surface area contributed by atoms with Crippen molar-refractivity contribution in [3.63, 3.8) is 0 Å². The zero-order chi connectivity index (χ0) is 21.3. The lowest BCUT2D eigenvalue weighted by Gasteiger charge is -2.13. The van der Waals surface area contributed by atoms with Crippen LogP contribution in [-0.2, 0) is 6.54 Å². The maximum absolute atomic E-state index is 14.4. The molecule has 0 aliphatic rings. The van der Waals surface area contributed by atoms with E-state index in [0.29, 0.717) is 45.1 Å². The van der Waals surface area contributed by atoms with Crippen LogP contribution in [0.5, 0.6) is 0 Å². The number of imidazole rings is 1. The Morgan fingerprint density at radius 1 is 1.40 bits per heavy atom. The highest BCUT2D eigenvalue weighted by molar-refractivity contribution is 5.98. The van der Waals surface area contributed by atoms with E-state index in [1.165, 1.54) is 12.3 Å². The highest BCUT2D eigenvalue weighted by atomic mass is 19.1. The summed E-state index contributed by atoms with van der Waals surface area (Å²) in [5.74, 6) is 0.0548. The Morgan fingerprint density at radius 2 is 2.23 bits per heavy atom. The minimum absolute atomic E-state index is 0.165. The van der Waals surface area contributed by atoms with Crippen molar-refractivity contribution in [3.8, 4) is 6.07 Å². The van der Waals surface area contributed by atoms with Gasteiger partial charge in [-0.25, -0.2) is 14.4 Å². The van der Waals surface area contributed by atoms with Crippen molar-refractivity contribution in [1.82, 2.24) is 19.7 Å². The molecule has 3 aromatic heterocycles. The van der Waals surface area contributed by atoms with Gasteiger partial charge in [0.15, 0.2) is 11.3 Å². The zero-order valence-electron chi connectivity index (χ0n) is 16.3. The summed E-state index contributed by atoms with van der Waals surface area (Å²) < 4.78 is 21.4. The summed E-state index contributed by atoms with van der Waals surface area (Å²) in [6.45, 7) is 1.83. The van der Waals surface area contributed by atoms with Crippen LogP contribution in [-0.4, -0.2) is 27.1 Å². The van der Waals surface area contributed by atoms with E-state index < -0.39 is 0 Å².